The lowest BCUT2D eigenvalue weighted by atomic mass is 9.96. The Kier molecular flexibility index (Phi) is 4.79. The average molecular weight is 313 g/mol. The molecule has 1 aromatic carbocycles. The van der Waals surface area contributed by atoms with E-state index in [0.29, 0.717) is 10.3 Å². The largest absolute Gasteiger partial charge is 0.619 e. The summed E-state index contributed by atoms with van der Waals surface area (Å²) in [6.45, 7) is 7.33. The van der Waals surface area contributed by atoms with Gasteiger partial charge in [0, 0.05) is 17.7 Å². The Morgan fingerprint density at radius 3 is 2.22 bits per heavy atom. The van der Waals surface area contributed by atoms with Crippen LogP contribution in [-0.4, -0.2) is 17.9 Å². The molecule has 0 saturated carbocycles. The van der Waals surface area contributed by atoms with Crippen molar-refractivity contribution < 1.29 is 19.1 Å². The number of aromatic nitrogens is 1. The van der Waals surface area contributed by atoms with E-state index in [2.05, 4.69) is 0 Å². The summed E-state index contributed by atoms with van der Waals surface area (Å²) in [4.78, 5) is 24.5. The minimum atomic E-state index is -0.900. The van der Waals surface area contributed by atoms with Crippen molar-refractivity contribution >= 4 is 11.8 Å². The molecule has 0 radical (unpaired) electrons. The Balaban J connectivity index is 2.15. The lowest BCUT2D eigenvalue weighted by molar-refractivity contribution is -0.605. The highest BCUT2D eigenvalue weighted by molar-refractivity contribution is 6.02. The number of benzene rings is 1. The third kappa shape index (κ3) is 3.74. The first kappa shape index (κ1) is 16.7. The summed E-state index contributed by atoms with van der Waals surface area (Å²) < 4.78 is 5.79. The first-order valence-electron chi connectivity index (χ1n) is 7.31. The SMILES string of the molecule is Cc1cc(C)c(C(=O)[C@@H](C)OC(=O)c2cc[n+]([O-])cc2)cc1C. The monoisotopic (exact) mass is 313 g/mol. The molecule has 120 valence electrons. The minimum Gasteiger partial charge on any atom is -0.619 e. The van der Waals surface area contributed by atoms with Crippen molar-refractivity contribution in [3.05, 3.63) is 69.7 Å². The summed E-state index contributed by atoms with van der Waals surface area (Å²) in [5, 5.41) is 11.0. The van der Waals surface area contributed by atoms with Gasteiger partial charge in [0.15, 0.2) is 18.5 Å². The smallest absolute Gasteiger partial charge is 0.339 e. The number of hydrogen-bond acceptors (Lipinski definition) is 4. The number of nitrogens with zero attached hydrogens (tertiary/aromatic N) is 1. The number of ether oxygens (including phenoxy) is 1. The van der Waals surface area contributed by atoms with E-state index in [9.17, 15) is 14.8 Å². The third-order valence-electron chi connectivity index (χ3n) is 3.80. The second-order valence-electron chi connectivity index (χ2n) is 5.61. The average Bonchev–Trinajstić information content (AvgIpc) is 2.50. The van der Waals surface area contributed by atoms with Crippen LogP contribution in [0.3, 0.4) is 0 Å². The molecule has 1 aromatic heterocycles. The van der Waals surface area contributed by atoms with Crippen LogP contribution in [0.25, 0.3) is 0 Å². The molecule has 0 spiro atoms. The molecular weight excluding hydrogens is 294 g/mol. The van der Waals surface area contributed by atoms with Crippen LogP contribution in [0.2, 0.25) is 0 Å². The fraction of sp³-hybridized carbons (Fsp3) is 0.278. The summed E-state index contributed by atoms with van der Waals surface area (Å²) in [6, 6.07) is 6.48. The fourth-order valence-electron chi connectivity index (χ4n) is 2.28. The second kappa shape index (κ2) is 6.60. The van der Waals surface area contributed by atoms with Crippen LogP contribution >= 0.6 is 0 Å². The molecule has 0 saturated heterocycles. The van der Waals surface area contributed by atoms with Gasteiger partial charge < -0.3 is 9.94 Å². The van der Waals surface area contributed by atoms with Gasteiger partial charge in [-0.15, -0.1) is 0 Å². The number of carbonyl (C=O) groups excluding carboxylic acids is 2. The third-order valence-corrected chi connectivity index (χ3v) is 3.80. The molecule has 2 rings (SSSR count). The Bertz CT molecular complexity index is 750. The van der Waals surface area contributed by atoms with Crippen LogP contribution < -0.4 is 4.73 Å². The number of pyridine rings is 1. The van der Waals surface area contributed by atoms with Gasteiger partial charge in [-0.25, -0.2) is 4.79 Å². The molecule has 2 aromatic rings. The summed E-state index contributed by atoms with van der Waals surface area (Å²) in [6.07, 6.45) is 1.51. The van der Waals surface area contributed by atoms with E-state index in [-0.39, 0.29) is 11.3 Å². The summed E-state index contributed by atoms with van der Waals surface area (Å²) in [5.41, 5.74) is 3.76. The van der Waals surface area contributed by atoms with Crippen LogP contribution in [0.1, 0.15) is 44.3 Å². The highest BCUT2D eigenvalue weighted by Crippen LogP contribution is 2.18. The van der Waals surface area contributed by atoms with Crippen LogP contribution in [0.5, 0.6) is 0 Å². The van der Waals surface area contributed by atoms with E-state index in [1.54, 1.807) is 6.92 Å². The van der Waals surface area contributed by atoms with Gasteiger partial charge in [-0.1, -0.05) is 6.07 Å². The zero-order valence-corrected chi connectivity index (χ0v) is 13.6. The van der Waals surface area contributed by atoms with Gasteiger partial charge in [0.1, 0.15) is 0 Å². The maximum Gasteiger partial charge on any atom is 0.339 e. The summed E-state index contributed by atoms with van der Waals surface area (Å²) in [7, 11) is 0. The number of ketones is 1. The Morgan fingerprint density at radius 1 is 1.04 bits per heavy atom. The van der Waals surface area contributed by atoms with E-state index in [1.807, 2.05) is 32.9 Å². The van der Waals surface area contributed by atoms with Crippen LogP contribution in [0.4, 0.5) is 0 Å². The second-order valence-corrected chi connectivity index (χ2v) is 5.61. The highest BCUT2D eigenvalue weighted by Gasteiger charge is 2.22. The number of Topliss-reactive ketones (excluding diaryl/α,β-unsaturated/α-hetero) is 1. The lowest BCUT2D eigenvalue weighted by Gasteiger charge is -2.15. The first-order chi connectivity index (χ1) is 10.8. The fourth-order valence-corrected chi connectivity index (χ4v) is 2.28. The van der Waals surface area contributed by atoms with Crippen LogP contribution in [-0.2, 0) is 4.74 Å². The molecule has 0 fully saturated rings. The highest BCUT2D eigenvalue weighted by atomic mass is 16.5. The summed E-state index contributed by atoms with van der Waals surface area (Å²) >= 11 is 0. The molecule has 0 aliphatic rings. The molecule has 0 aliphatic carbocycles. The van der Waals surface area contributed by atoms with Gasteiger partial charge >= 0.3 is 5.97 Å². The molecule has 0 aliphatic heterocycles. The van der Waals surface area contributed by atoms with Gasteiger partial charge in [0.25, 0.3) is 0 Å². The Labute approximate surface area is 135 Å². The van der Waals surface area contributed by atoms with Gasteiger partial charge in [0.05, 0.1) is 5.56 Å². The molecule has 0 bridgehead atoms. The lowest BCUT2D eigenvalue weighted by Crippen LogP contribution is -2.27. The summed E-state index contributed by atoms with van der Waals surface area (Å²) in [5.74, 6) is -0.873. The molecule has 1 atom stereocenters. The molecule has 23 heavy (non-hydrogen) atoms. The quantitative estimate of drug-likeness (QED) is 0.376. The van der Waals surface area contributed by atoms with E-state index in [4.69, 9.17) is 4.74 Å². The maximum absolute atomic E-state index is 12.5. The first-order valence-corrected chi connectivity index (χ1v) is 7.31. The molecule has 5 heteroatoms. The van der Waals surface area contributed by atoms with E-state index in [0.717, 1.165) is 16.7 Å². The maximum atomic E-state index is 12.5. The number of hydrogen-bond donors (Lipinski definition) is 0. The van der Waals surface area contributed by atoms with Crippen molar-refractivity contribution in [3.8, 4) is 0 Å². The topological polar surface area (TPSA) is 70.3 Å². The van der Waals surface area contributed by atoms with Gasteiger partial charge in [-0.05, 0) is 50.5 Å². The molecule has 0 unspecified atom stereocenters. The molecule has 0 N–H and O–H groups in total. The minimum absolute atomic E-state index is 0.230. The molecular formula is C18H19NO4. The van der Waals surface area contributed by atoms with Crippen molar-refractivity contribution in [2.45, 2.75) is 33.8 Å². The van der Waals surface area contributed by atoms with Crippen molar-refractivity contribution in [2.24, 2.45) is 0 Å². The van der Waals surface area contributed by atoms with Crippen molar-refractivity contribution in [1.82, 2.24) is 0 Å². The van der Waals surface area contributed by atoms with E-state index in [1.165, 1.54) is 24.5 Å². The predicted molar refractivity (Wildman–Crippen MR) is 85.3 cm³/mol. The van der Waals surface area contributed by atoms with E-state index >= 15 is 0 Å². The number of carbonyl (C=O) groups is 2. The van der Waals surface area contributed by atoms with E-state index < -0.39 is 12.1 Å². The number of esters is 1. The molecule has 5 nitrogen and oxygen atoms in total. The van der Waals surface area contributed by atoms with Crippen molar-refractivity contribution in [2.75, 3.05) is 0 Å². The normalized spacial score (nSPS) is 11.8. The van der Waals surface area contributed by atoms with Crippen LogP contribution in [0, 0.1) is 26.0 Å². The van der Waals surface area contributed by atoms with Gasteiger partial charge in [-0.3, -0.25) is 4.79 Å². The van der Waals surface area contributed by atoms with Gasteiger partial charge in [0.2, 0.25) is 5.78 Å². The predicted octanol–water partition coefficient (Wildman–Crippen LogP) is 2.67. The number of aryl methyl sites for hydroxylation is 3. The zero-order valence-electron chi connectivity index (χ0n) is 13.6. The standard InChI is InChI=1S/C18H19NO4/c1-11-9-13(3)16(10-12(11)2)17(20)14(4)23-18(21)15-5-7-19(22)8-6-15/h5-10,14H,1-4H3/t14-/m1/s1. The molecule has 0 amide bonds. The Morgan fingerprint density at radius 2 is 1.61 bits per heavy atom. The van der Waals surface area contributed by atoms with Crippen molar-refractivity contribution in [3.63, 3.8) is 0 Å². The van der Waals surface area contributed by atoms with Crippen LogP contribution in [0.15, 0.2) is 36.7 Å². The Hall–Kier alpha value is -2.69. The zero-order chi connectivity index (χ0) is 17.1. The molecule has 1 heterocycles. The van der Waals surface area contributed by atoms with Gasteiger partial charge in [-0.2, -0.15) is 4.73 Å². The number of rotatable bonds is 4. The van der Waals surface area contributed by atoms with Crippen molar-refractivity contribution in [1.29, 1.82) is 0 Å².